The maximum absolute atomic E-state index is 11.2. The van der Waals surface area contributed by atoms with Gasteiger partial charge in [0, 0.05) is 16.5 Å². The Morgan fingerprint density at radius 1 is 1.14 bits per heavy atom. The second kappa shape index (κ2) is 5.58. The molecule has 4 heteroatoms. The first kappa shape index (κ1) is 13.6. The molecule has 3 nitrogen and oxygen atoms in total. The lowest BCUT2D eigenvalue weighted by Gasteiger charge is -2.07. The lowest BCUT2D eigenvalue weighted by atomic mass is 10.1. The number of hydrogen-bond acceptors (Lipinski definition) is 3. The molecule has 0 amide bonds. The van der Waals surface area contributed by atoms with Crippen molar-refractivity contribution in [1.82, 2.24) is 4.98 Å². The molecule has 1 heterocycles. The van der Waals surface area contributed by atoms with E-state index in [0.29, 0.717) is 5.56 Å². The molecule has 0 unspecified atom stereocenters. The third-order valence-corrected chi connectivity index (χ3v) is 4.30. The fourth-order valence-corrected chi connectivity index (χ4v) is 3.13. The van der Waals surface area contributed by atoms with Crippen molar-refractivity contribution in [3.8, 4) is 0 Å². The molecule has 0 radical (unpaired) electrons. The van der Waals surface area contributed by atoms with Gasteiger partial charge in [-0.2, -0.15) is 0 Å². The molecule has 0 aliphatic carbocycles. The predicted molar refractivity (Wildman–Crippen MR) is 84.0 cm³/mol. The van der Waals surface area contributed by atoms with E-state index >= 15 is 0 Å². The maximum Gasteiger partial charge on any atom is 0.335 e. The van der Waals surface area contributed by atoms with Gasteiger partial charge in [-0.1, -0.05) is 42.1 Å². The third kappa shape index (κ3) is 2.76. The number of aromatic carboxylic acids is 1. The molecule has 2 aromatic carbocycles. The van der Waals surface area contributed by atoms with Gasteiger partial charge in [0.15, 0.2) is 0 Å². The first-order chi connectivity index (χ1) is 10.1. The monoisotopic (exact) mass is 295 g/mol. The van der Waals surface area contributed by atoms with Crippen LogP contribution in [-0.4, -0.2) is 16.1 Å². The summed E-state index contributed by atoms with van der Waals surface area (Å²) in [5, 5.41) is 12.3. The van der Waals surface area contributed by atoms with Crippen LogP contribution in [-0.2, 0) is 0 Å². The van der Waals surface area contributed by atoms with Gasteiger partial charge in [-0.05, 0) is 36.1 Å². The number of nitrogens with zero attached hydrogens (tertiary/aromatic N) is 1. The Morgan fingerprint density at radius 2 is 1.95 bits per heavy atom. The van der Waals surface area contributed by atoms with Crippen molar-refractivity contribution in [2.45, 2.75) is 16.8 Å². The van der Waals surface area contributed by atoms with E-state index in [2.05, 4.69) is 4.98 Å². The Balaban J connectivity index is 2.03. The lowest BCUT2D eigenvalue weighted by Crippen LogP contribution is -1.99. The summed E-state index contributed by atoms with van der Waals surface area (Å²) in [6.07, 6.45) is 1.77. The molecule has 0 bridgehead atoms. The van der Waals surface area contributed by atoms with Crippen LogP contribution in [0.25, 0.3) is 10.8 Å². The van der Waals surface area contributed by atoms with Crippen molar-refractivity contribution >= 4 is 28.5 Å². The number of carboxylic acid groups (broad SMARTS) is 1. The first-order valence-electron chi connectivity index (χ1n) is 6.51. The molecule has 104 valence electrons. The minimum absolute atomic E-state index is 0.334. The van der Waals surface area contributed by atoms with E-state index in [-0.39, 0.29) is 0 Å². The molecule has 0 atom stereocenters. The Bertz CT molecular complexity index is 825. The molecule has 0 spiro atoms. The largest absolute Gasteiger partial charge is 0.478 e. The van der Waals surface area contributed by atoms with Gasteiger partial charge in [0.1, 0.15) is 5.03 Å². The minimum atomic E-state index is -0.902. The number of aryl methyl sites for hydroxylation is 1. The van der Waals surface area contributed by atoms with Crippen LogP contribution in [0.4, 0.5) is 0 Å². The van der Waals surface area contributed by atoms with E-state index in [1.807, 2.05) is 42.5 Å². The average Bonchev–Trinajstić information content (AvgIpc) is 2.49. The van der Waals surface area contributed by atoms with Gasteiger partial charge >= 0.3 is 5.97 Å². The van der Waals surface area contributed by atoms with Gasteiger partial charge in [0.05, 0.1) is 5.56 Å². The predicted octanol–water partition coefficient (Wildman–Crippen LogP) is 4.39. The zero-order chi connectivity index (χ0) is 14.8. The van der Waals surface area contributed by atoms with Crippen LogP contribution in [0.5, 0.6) is 0 Å². The molecular weight excluding hydrogens is 282 g/mol. The Morgan fingerprint density at radius 3 is 2.76 bits per heavy atom. The summed E-state index contributed by atoms with van der Waals surface area (Å²) in [5.74, 6) is -0.902. The molecule has 3 rings (SSSR count). The van der Waals surface area contributed by atoms with Gasteiger partial charge in [-0.25, -0.2) is 9.78 Å². The van der Waals surface area contributed by atoms with Crippen LogP contribution in [0.1, 0.15) is 15.9 Å². The van der Waals surface area contributed by atoms with E-state index in [9.17, 15) is 9.90 Å². The van der Waals surface area contributed by atoms with Gasteiger partial charge in [0.25, 0.3) is 0 Å². The maximum atomic E-state index is 11.2. The number of pyridine rings is 1. The molecule has 0 aliphatic rings. The topological polar surface area (TPSA) is 50.2 Å². The third-order valence-electron chi connectivity index (χ3n) is 3.29. The molecule has 21 heavy (non-hydrogen) atoms. The van der Waals surface area contributed by atoms with Gasteiger partial charge in [0.2, 0.25) is 0 Å². The highest BCUT2D eigenvalue weighted by Gasteiger charge is 2.10. The number of carboxylic acids is 1. The summed E-state index contributed by atoms with van der Waals surface area (Å²) >= 11 is 1.48. The number of benzene rings is 2. The first-order valence-corrected chi connectivity index (χ1v) is 7.32. The van der Waals surface area contributed by atoms with Gasteiger partial charge in [-0.3, -0.25) is 0 Å². The Labute approximate surface area is 126 Å². The van der Waals surface area contributed by atoms with E-state index in [1.54, 1.807) is 19.2 Å². The zero-order valence-corrected chi connectivity index (χ0v) is 12.2. The molecular formula is C17H13NO2S. The van der Waals surface area contributed by atoms with Crippen LogP contribution in [0.15, 0.2) is 64.6 Å². The van der Waals surface area contributed by atoms with Gasteiger partial charge in [-0.15, -0.1) is 0 Å². The van der Waals surface area contributed by atoms with E-state index in [0.717, 1.165) is 26.3 Å². The highest BCUT2D eigenvalue weighted by molar-refractivity contribution is 7.99. The summed E-state index contributed by atoms with van der Waals surface area (Å²) in [4.78, 5) is 16.5. The van der Waals surface area contributed by atoms with Crippen molar-refractivity contribution < 1.29 is 9.90 Å². The molecule has 1 N–H and O–H groups in total. The normalized spacial score (nSPS) is 10.7. The van der Waals surface area contributed by atoms with Crippen molar-refractivity contribution in [3.63, 3.8) is 0 Å². The second-order valence-corrected chi connectivity index (χ2v) is 5.78. The standard InChI is InChI=1S/C17H13NO2S/c1-11-6-7-13(10-15(11)17(19)20)21-16-14-5-3-2-4-12(14)8-9-18-16/h2-10H,1H3,(H,19,20). The molecule has 0 fully saturated rings. The summed E-state index contributed by atoms with van der Waals surface area (Å²) in [7, 11) is 0. The van der Waals surface area contributed by atoms with Crippen LogP contribution in [0.2, 0.25) is 0 Å². The van der Waals surface area contributed by atoms with Crippen molar-refractivity contribution in [2.24, 2.45) is 0 Å². The van der Waals surface area contributed by atoms with Gasteiger partial charge < -0.3 is 5.11 Å². The fraction of sp³-hybridized carbons (Fsp3) is 0.0588. The summed E-state index contributed by atoms with van der Waals surface area (Å²) in [6.45, 7) is 1.80. The SMILES string of the molecule is Cc1ccc(Sc2nccc3ccccc23)cc1C(=O)O. The van der Waals surface area contributed by atoms with Crippen LogP contribution >= 0.6 is 11.8 Å². The number of carbonyl (C=O) groups is 1. The second-order valence-electron chi connectivity index (χ2n) is 4.72. The van der Waals surface area contributed by atoms with Crippen molar-refractivity contribution in [3.05, 3.63) is 65.9 Å². The van der Waals surface area contributed by atoms with Crippen LogP contribution in [0.3, 0.4) is 0 Å². The van der Waals surface area contributed by atoms with Crippen molar-refractivity contribution in [1.29, 1.82) is 0 Å². The average molecular weight is 295 g/mol. The number of hydrogen-bond donors (Lipinski definition) is 1. The molecule has 0 aliphatic heterocycles. The minimum Gasteiger partial charge on any atom is -0.478 e. The highest BCUT2D eigenvalue weighted by Crippen LogP contribution is 2.32. The molecule has 1 aromatic heterocycles. The number of fused-ring (bicyclic) bond motifs is 1. The quantitative estimate of drug-likeness (QED) is 0.778. The Kier molecular flexibility index (Phi) is 3.62. The summed E-state index contributed by atoms with van der Waals surface area (Å²) in [5.41, 5.74) is 1.10. The molecule has 3 aromatic rings. The smallest absolute Gasteiger partial charge is 0.335 e. The van der Waals surface area contributed by atoms with E-state index in [4.69, 9.17) is 0 Å². The van der Waals surface area contributed by atoms with E-state index < -0.39 is 5.97 Å². The van der Waals surface area contributed by atoms with Crippen molar-refractivity contribution in [2.75, 3.05) is 0 Å². The van der Waals surface area contributed by atoms with E-state index in [1.165, 1.54) is 11.8 Å². The summed E-state index contributed by atoms with van der Waals surface area (Å²) in [6, 6.07) is 15.5. The van der Waals surface area contributed by atoms with Crippen LogP contribution in [0, 0.1) is 6.92 Å². The lowest BCUT2D eigenvalue weighted by molar-refractivity contribution is 0.0696. The summed E-state index contributed by atoms with van der Waals surface area (Å²) < 4.78 is 0. The molecule has 0 saturated heterocycles. The Hall–Kier alpha value is -2.33. The zero-order valence-electron chi connectivity index (χ0n) is 11.4. The molecule has 0 saturated carbocycles. The fourth-order valence-electron chi connectivity index (χ4n) is 2.18. The highest BCUT2D eigenvalue weighted by atomic mass is 32.2. The van der Waals surface area contributed by atoms with Crippen LogP contribution < -0.4 is 0 Å². The number of rotatable bonds is 3. The number of aromatic nitrogens is 1.